The van der Waals surface area contributed by atoms with Gasteiger partial charge >= 0.3 is 0 Å². The Morgan fingerprint density at radius 2 is 1.82 bits per heavy atom. The summed E-state index contributed by atoms with van der Waals surface area (Å²) in [6.45, 7) is 0.728. The number of imidazole rings is 1. The second-order valence-corrected chi connectivity index (χ2v) is 4.89. The zero-order chi connectivity index (χ0) is 15.4. The molecule has 0 aliphatic heterocycles. The fourth-order valence-electron chi connectivity index (χ4n) is 2.09. The summed E-state index contributed by atoms with van der Waals surface area (Å²) in [5, 5.41) is 2.78. The number of anilines is 1. The van der Waals surface area contributed by atoms with Crippen LogP contribution in [0.4, 0.5) is 10.1 Å². The maximum Gasteiger partial charge on any atom is 0.255 e. The number of nitrogens with zero attached hydrogens (tertiary/aromatic N) is 2. The molecule has 5 heteroatoms. The van der Waals surface area contributed by atoms with Crippen molar-refractivity contribution in [3.63, 3.8) is 0 Å². The van der Waals surface area contributed by atoms with Gasteiger partial charge in [-0.25, -0.2) is 9.37 Å². The van der Waals surface area contributed by atoms with Gasteiger partial charge in [0.2, 0.25) is 0 Å². The first-order valence-corrected chi connectivity index (χ1v) is 6.82. The van der Waals surface area contributed by atoms with E-state index in [2.05, 4.69) is 10.3 Å². The summed E-state index contributed by atoms with van der Waals surface area (Å²) in [5.74, 6) is -0.622. The molecule has 4 nitrogen and oxygen atoms in total. The van der Waals surface area contributed by atoms with Gasteiger partial charge in [-0.3, -0.25) is 4.79 Å². The maximum atomic E-state index is 12.8. The van der Waals surface area contributed by atoms with Crippen molar-refractivity contribution < 1.29 is 9.18 Å². The molecule has 0 aliphatic carbocycles. The molecule has 1 heterocycles. The van der Waals surface area contributed by atoms with Gasteiger partial charge in [-0.2, -0.15) is 0 Å². The van der Waals surface area contributed by atoms with Crippen molar-refractivity contribution in [3.05, 3.63) is 84.2 Å². The molecule has 0 fully saturated rings. The van der Waals surface area contributed by atoms with E-state index in [4.69, 9.17) is 0 Å². The van der Waals surface area contributed by atoms with Gasteiger partial charge in [0.1, 0.15) is 5.82 Å². The zero-order valence-electron chi connectivity index (χ0n) is 11.7. The van der Waals surface area contributed by atoms with E-state index in [1.807, 2.05) is 35.0 Å². The first-order valence-electron chi connectivity index (χ1n) is 6.82. The normalized spacial score (nSPS) is 10.4. The van der Waals surface area contributed by atoms with Crippen molar-refractivity contribution in [1.82, 2.24) is 9.55 Å². The van der Waals surface area contributed by atoms with E-state index in [1.165, 1.54) is 24.3 Å². The van der Waals surface area contributed by atoms with Crippen LogP contribution >= 0.6 is 0 Å². The Kier molecular flexibility index (Phi) is 3.96. The molecule has 0 spiro atoms. The Balaban J connectivity index is 1.65. The Hall–Kier alpha value is -2.95. The number of hydrogen-bond acceptors (Lipinski definition) is 2. The van der Waals surface area contributed by atoms with E-state index in [-0.39, 0.29) is 11.7 Å². The average molecular weight is 295 g/mol. The van der Waals surface area contributed by atoms with Crippen LogP contribution in [0.15, 0.2) is 67.3 Å². The van der Waals surface area contributed by atoms with Crippen molar-refractivity contribution in [1.29, 1.82) is 0 Å². The smallest absolute Gasteiger partial charge is 0.255 e. The molecule has 3 rings (SSSR count). The molecule has 1 amide bonds. The Labute approximate surface area is 127 Å². The molecular formula is C17H14FN3O. The number of carbonyl (C=O) groups is 1. The summed E-state index contributed by atoms with van der Waals surface area (Å²) in [4.78, 5) is 16.0. The predicted octanol–water partition coefficient (Wildman–Crippen LogP) is 3.32. The SMILES string of the molecule is O=C(Nc1ccc(Cn2ccnc2)cc1)c1ccc(F)cc1. The highest BCUT2D eigenvalue weighted by Gasteiger charge is 2.06. The molecule has 1 N–H and O–H groups in total. The number of carbonyl (C=O) groups excluding carboxylic acids is 1. The Morgan fingerprint density at radius 1 is 1.09 bits per heavy atom. The second-order valence-electron chi connectivity index (χ2n) is 4.89. The number of rotatable bonds is 4. The molecule has 0 radical (unpaired) electrons. The molecule has 1 aromatic heterocycles. The van der Waals surface area contributed by atoms with Crippen LogP contribution in [0.1, 0.15) is 15.9 Å². The van der Waals surface area contributed by atoms with Crippen LogP contribution in [-0.2, 0) is 6.54 Å². The fraction of sp³-hybridized carbons (Fsp3) is 0.0588. The van der Waals surface area contributed by atoms with Gasteiger partial charge in [-0.15, -0.1) is 0 Å². The van der Waals surface area contributed by atoms with Gasteiger partial charge in [-0.05, 0) is 42.0 Å². The number of halogens is 1. The van der Waals surface area contributed by atoms with Crippen LogP contribution < -0.4 is 5.32 Å². The van der Waals surface area contributed by atoms with Crippen LogP contribution in [0.2, 0.25) is 0 Å². The molecule has 0 saturated carbocycles. The molecule has 0 aliphatic rings. The molecule has 2 aromatic carbocycles. The van der Waals surface area contributed by atoms with E-state index in [0.29, 0.717) is 11.3 Å². The lowest BCUT2D eigenvalue weighted by molar-refractivity contribution is 0.102. The molecule has 3 aromatic rings. The van der Waals surface area contributed by atoms with Gasteiger partial charge < -0.3 is 9.88 Å². The Bertz CT molecular complexity index is 750. The Morgan fingerprint density at radius 3 is 2.45 bits per heavy atom. The third-order valence-electron chi connectivity index (χ3n) is 3.24. The lowest BCUT2D eigenvalue weighted by Gasteiger charge is -2.07. The van der Waals surface area contributed by atoms with Crippen LogP contribution in [-0.4, -0.2) is 15.5 Å². The lowest BCUT2D eigenvalue weighted by Crippen LogP contribution is -2.11. The molecule has 0 unspecified atom stereocenters. The van der Waals surface area contributed by atoms with E-state index >= 15 is 0 Å². The monoisotopic (exact) mass is 295 g/mol. The summed E-state index contributed by atoms with van der Waals surface area (Å²) < 4.78 is 14.8. The van der Waals surface area contributed by atoms with Gasteiger partial charge in [0.25, 0.3) is 5.91 Å². The first kappa shape index (κ1) is 14.0. The summed E-state index contributed by atoms with van der Waals surface area (Å²) in [7, 11) is 0. The highest BCUT2D eigenvalue weighted by molar-refractivity contribution is 6.04. The molecular weight excluding hydrogens is 281 g/mol. The maximum absolute atomic E-state index is 12.8. The van der Waals surface area contributed by atoms with Crippen LogP contribution in [0.5, 0.6) is 0 Å². The average Bonchev–Trinajstić information content (AvgIpc) is 3.03. The highest BCUT2D eigenvalue weighted by Crippen LogP contribution is 2.13. The number of aromatic nitrogens is 2. The standard InChI is InChI=1S/C17H14FN3O/c18-15-5-3-14(4-6-15)17(22)20-16-7-1-13(2-8-16)11-21-10-9-19-12-21/h1-10,12H,11H2,(H,20,22). The largest absolute Gasteiger partial charge is 0.333 e. The number of amides is 1. The number of hydrogen-bond donors (Lipinski definition) is 1. The second kappa shape index (κ2) is 6.22. The quantitative estimate of drug-likeness (QED) is 0.802. The number of nitrogens with one attached hydrogen (secondary N) is 1. The molecule has 0 atom stereocenters. The van der Waals surface area contributed by atoms with E-state index in [0.717, 1.165) is 12.1 Å². The predicted molar refractivity (Wildman–Crippen MR) is 82.1 cm³/mol. The van der Waals surface area contributed by atoms with Crippen LogP contribution in [0, 0.1) is 5.82 Å². The summed E-state index contributed by atoms with van der Waals surface area (Å²) in [6, 6.07) is 13.0. The van der Waals surface area contributed by atoms with Crippen molar-refractivity contribution in [2.45, 2.75) is 6.54 Å². The minimum atomic E-state index is -0.361. The van der Waals surface area contributed by atoms with Crippen LogP contribution in [0.25, 0.3) is 0 Å². The molecule has 110 valence electrons. The van der Waals surface area contributed by atoms with Gasteiger partial charge in [0.05, 0.1) is 6.33 Å². The lowest BCUT2D eigenvalue weighted by atomic mass is 10.2. The van der Waals surface area contributed by atoms with Crippen molar-refractivity contribution in [2.24, 2.45) is 0 Å². The van der Waals surface area contributed by atoms with E-state index in [9.17, 15) is 9.18 Å². The van der Waals surface area contributed by atoms with Gasteiger partial charge in [0.15, 0.2) is 0 Å². The summed E-state index contributed by atoms with van der Waals surface area (Å²) in [6.07, 6.45) is 5.38. The van der Waals surface area contributed by atoms with Gasteiger partial charge in [-0.1, -0.05) is 12.1 Å². The minimum Gasteiger partial charge on any atom is -0.333 e. The van der Waals surface area contributed by atoms with Crippen molar-refractivity contribution in [3.8, 4) is 0 Å². The summed E-state index contributed by atoms with van der Waals surface area (Å²) in [5.41, 5.74) is 2.23. The molecule has 0 saturated heterocycles. The summed E-state index contributed by atoms with van der Waals surface area (Å²) >= 11 is 0. The van der Waals surface area contributed by atoms with E-state index in [1.54, 1.807) is 12.5 Å². The number of benzene rings is 2. The van der Waals surface area contributed by atoms with Gasteiger partial charge in [0, 0.05) is 30.2 Å². The van der Waals surface area contributed by atoms with E-state index < -0.39 is 0 Å². The van der Waals surface area contributed by atoms with Crippen LogP contribution in [0.3, 0.4) is 0 Å². The molecule has 22 heavy (non-hydrogen) atoms. The third kappa shape index (κ3) is 3.38. The molecule has 0 bridgehead atoms. The highest BCUT2D eigenvalue weighted by atomic mass is 19.1. The zero-order valence-corrected chi connectivity index (χ0v) is 11.7. The fourth-order valence-corrected chi connectivity index (χ4v) is 2.09. The third-order valence-corrected chi connectivity index (χ3v) is 3.24. The van der Waals surface area contributed by atoms with Crippen molar-refractivity contribution >= 4 is 11.6 Å². The first-order chi connectivity index (χ1) is 10.7. The van der Waals surface area contributed by atoms with Crippen molar-refractivity contribution in [2.75, 3.05) is 5.32 Å². The topological polar surface area (TPSA) is 46.9 Å². The minimum absolute atomic E-state index is 0.262.